The van der Waals surface area contributed by atoms with Gasteiger partial charge in [-0.3, -0.25) is 9.48 Å². The van der Waals surface area contributed by atoms with Crippen LogP contribution in [0, 0.1) is 6.92 Å². The molecule has 0 atom stereocenters. The Bertz CT molecular complexity index is 1110. The van der Waals surface area contributed by atoms with Gasteiger partial charge < -0.3 is 10.1 Å². The fraction of sp³-hybridized carbons (Fsp3) is 0.143. The number of nitrogens with one attached hydrogen (secondary N) is 1. The molecule has 2 aromatic heterocycles. The van der Waals surface area contributed by atoms with Gasteiger partial charge in [0.1, 0.15) is 12.4 Å². The van der Waals surface area contributed by atoms with E-state index < -0.39 is 0 Å². The van der Waals surface area contributed by atoms with E-state index in [0.717, 1.165) is 28.1 Å². The Morgan fingerprint density at radius 2 is 2.00 bits per heavy atom. The molecule has 5 nitrogen and oxygen atoms in total. The van der Waals surface area contributed by atoms with E-state index in [0.29, 0.717) is 11.5 Å². The van der Waals surface area contributed by atoms with Crippen LogP contribution in [0.4, 0.5) is 5.69 Å². The van der Waals surface area contributed by atoms with Crippen molar-refractivity contribution in [2.45, 2.75) is 13.5 Å². The highest BCUT2D eigenvalue weighted by Gasteiger charge is 2.13. The van der Waals surface area contributed by atoms with E-state index >= 15 is 0 Å². The van der Waals surface area contributed by atoms with Crippen molar-refractivity contribution in [3.05, 3.63) is 76.2 Å². The number of fused-ring (bicyclic) bond motifs is 1. The second-order valence-electron chi connectivity index (χ2n) is 6.34. The minimum Gasteiger partial charge on any atom is -0.489 e. The standard InChI is InChI=1S/C21H19N3O2S/c1-14-19(11-22-24(14)2)23-21(25)20-9-15(13-27-20)12-26-18-8-7-16-5-3-4-6-17(16)10-18/h3-11,13H,12H2,1-2H3,(H,23,25). The average molecular weight is 377 g/mol. The number of amides is 1. The Hall–Kier alpha value is -3.12. The third-order valence-electron chi connectivity index (χ3n) is 4.49. The number of ether oxygens (including phenoxy) is 1. The lowest BCUT2D eigenvalue weighted by Gasteiger charge is -2.06. The lowest BCUT2D eigenvalue weighted by molar-refractivity contribution is 0.103. The fourth-order valence-corrected chi connectivity index (χ4v) is 3.59. The Balaban J connectivity index is 1.41. The van der Waals surface area contributed by atoms with Crippen LogP contribution >= 0.6 is 11.3 Å². The molecule has 0 fully saturated rings. The zero-order valence-corrected chi connectivity index (χ0v) is 15.9. The number of aromatic nitrogens is 2. The van der Waals surface area contributed by atoms with E-state index in [1.54, 1.807) is 10.9 Å². The van der Waals surface area contributed by atoms with Gasteiger partial charge in [-0.15, -0.1) is 11.3 Å². The average Bonchev–Trinajstić information content (AvgIpc) is 3.28. The summed E-state index contributed by atoms with van der Waals surface area (Å²) in [5.74, 6) is 0.685. The summed E-state index contributed by atoms with van der Waals surface area (Å²) >= 11 is 1.41. The van der Waals surface area contributed by atoms with Gasteiger partial charge in [-0.1, -0.05) is 30.3 Å². The van der Waals surface area contributed by atoms with Gasteiger partial charge in [0.25, 0.3) is 5.91 Å². The molecule has 1 N–H and O–H groups in total. The molecule has 136 valence electrons. The summed E-state index contributed by atoms with van der Waals surface area (Å²) in [5.41, 5.74) is 2.62. The van der Waals surface area contributed by atoms with Gasteiger partial charge in [0.2, 0.25) is 0 Å². The molecule has 0 saturated carbocycles. The monoisotopic (exact) mass is 377 g/mol. The third-order valence-corrected chi connectivity index (χ3v) is 5.47. The molecule has 0 bridgehead atoms. The van der Waals surface area contributed by atoms with Crippen LogP contribution in [-0.4, -0.2) is 15.7 Å². The van der Waals surface area contributed by atoms with Crippen molar-refractivity contribution in [2.24, 2.45) is 7.05 Å². The largest absolute Gasteiger partial charge is 0.489 e. The molecule has 0 saturated heterocycles. The third kappa shape index (κ3) is 3.71. The van der Waals surface area contributed by atoms with Gasteiger partial charge in [0.05, 0.1) is 22.5 Å². The summed E-state index contributed by atoms with van der Waals surface area (Å²) < 4.78 is 7.62. The number of nitrogens with zero attached hydrogens (tertiary/aromatic N) is 2. The predicted octanol–water partition coefficient (Wildman–Crippen LogP) is 4.77. The Kier molecular flexibility index (Phi) is 4.64. The zero-order valence-electron chi connectivity index (χ0n) is 15.1. The number of rotatable bonds is 5. The van der Waals surface area contributed by atoms with Crippen LogP contribution in [0.5, 0.6) is 5.75 Å². The molecular weight excluding hydrogens is 358 g/mol. The van der Waals surface area contributed by atoms with Gasteiger partial charge in [-0.05, 0) is 41.3 Å². The zero-order chi connectivity index (χ0) is 18.8. The number of aryl methyl sites for hydroxylation is 1. The number of carbonyl (C=O) groups excluding carboxylic acids is 1. The van der Waals surface area contributed by atoms with Crippen molar-refractivity contribution < 1.29 is 9.53 Å². The molecule has 4 aromatic rings. The van der Waals surface area contributed by atoms with Crippen LogP contribution in [0.1, 0.15) is 20.9 Å². The highest BCUT2D eigenvalue weighted by atomic mass is 32.1. The smallest absolute Gasteiger partial charge is 0.265 e. The number of anilines is 1. The first-order valence-corrected chi connectivity index (χ1v) is 9.47. The van der Waals surface area contributed by atoms with Crippen LogP contribution in [-0.2, 0) is 13.7 Å². The van der Waals surface area contributed by atoms with Gasteiger partial charge in [0, 0.05) is 12.6 Å². The van der Waals surface area contributed by atoms with Crippen LogP contribution < -0.4 is 10.1 Å². The van der Waals surface area contributed by atoms with Gasteiger partial charge in [-0.2, -0.15) is 5.10 Å². The van der Waals surface area contributed by atoms with Crippen LogP contribution in [0.25, 0.3) is 10.8 Å². The minimum atomic E-state index is -0.131. The Morgan fingerprint density at radius 3 is 2.78 bits per heavy atom. The first kappa shape index (κ1) is 17.3. The molecule has 27 heavy (non-hydrogen) atoms. The van der Waals surface area contributed by atoms with Gasteiger partial charge in [0.15, 0.2) is 0 Å². The summed E-state index contributed by atoms with van der Waals surface area (Å²) in [6.07, 6.45) is 1.66. The van der Waals surface area contributed by atoms with Gasteiger partial charge >= 0.3 is 0 Å². The normalized spacial score (nSPS) is 10.9. The molecule has 0 aliphatic rings. The second-order valence-corrected chi connectivity index (χ2v) is 7.25. The lowest BCUT2D eigenvalue weighted by atomic mass is 10.1. The molecule has 0 radical (unpaired) electrons. The molecular formula is C21H19N3O2S. The fourth-order valence-electron chi connectivity index (χ4n) is 2.80. The Morgan fingerprint density at radius 1 is 1.19 bits per heavy atom. The van der Waals surface area contributed by atoms with E-state index in [1.807, 2.05) is 55.7 Å². The predicted molar refractivity (Wildman–Crippen MR) is 108 cm³/mol. The lowest BCUT2D eigenvalue weighted by Crippen LogP contribution is -2.10. The molecule has 4 rings (SSSR count). The number of benzene rings is 2. The highest BCUT2D eigenvalue weighted by molar-refractivity contribution is 7.12. The van der Waals surface area contributed by atoms with Crippen molar-refractivity contribution in [1.29, 1.82) is 0 Å². The van der Waals surface area contributed by atoms with Crippen LogP contribution in [0.3, 0.4) is 0 Å². The van der Waals surface area contributed by atoms with E-state index in [4.69, 9.17) is 4.74 Å². The topological polar surface area (TPSA) is 56.1 Å². The number of hydrogen-bond donors (Lipinski definition) is 1. The summed E-state index contributed by atoms with van der Waals surface area (Å²) in [6.45, 7) is 2.34. The molecule has 2 aromatic carbocycles. The molecule has 1 amide bonds. The SMILES string of the molecule is Cc1c(NC(=O)c2cc(COc3ccc4ccccc4c3)cs2)cnn1C. The van der Waals surface area contributed by atoms with Crippen LogP contribution in [0.2, 0.25) is 0 Å². The number of thiophene rings is 1. The molecule has 0 aliphatic carbocycles. The summed E-state index contributed by atoms with van der Waals surface area (Å²) in [7, 11) is 1.85. The van der Waals surface area contributed by atoms with E-state index in [9.17, 15) is 4.79 Å². The second kappa shape index (κ2) is 7.25. The van der Waals surface area contributed by atoms with E-state index in [-0.39, 0.29) is 5.91 Å². The van der Waals surface area contributed by atoms with Crippen molar-refractivity contribution in [3.8, 4) is 5.75 Å². The number of hydrogen-bond acceptors (Lipinski definition) is 4. The maximum Gasteiger partial charge on any atom is 0.265 e. The van der Waals surface area contributed by atoms with E-state index in [1.165, 1.54) is 16.7 Å². The molecule has 6 heteroatoms. The molecule has 0 aliphatic heterocycles. The van der Waals surface area contributed by atoms with Crippen LogP contribution in [0.15, 0.2) is 60.1 Å². The number of carbonyl (C=O) groups is 1. The van der Waals surface area contributed by atoms with Crippen molar-refractivity contribution in [3.63, 3.8) is 0 Å². The van der Waals surface area contributed by atoms with Gasteiger partial charge in [-0.25, -0.2) is 0 Å². The summed E-state index contributed by atoms with van der Waals surface area (Å²) in [4.78, 5) is 13.1. The van der Waals surface area contributed by atoms with Crippen molar-refractivity contribution in [2.75, 3.05) is 5.32 Å². The quantitative estimate of drug-likeness (QED) is 0.545. The minimum absolute atomic E-state index is 0.131. The molecule has 0 unspecified atom stereocenters. The van der Waals surface area contributed by atoms with E-state index in [2.05, 4.69) is 22.5 Å². The molecule has 2 heterocycles. The first-order chi connectivity index (χ1) is 13.1. The maximum absolute atomic E-state index is 12.4. The maximum atomic E-state index is 12.4. The molecule has 0 spiro atoms. The summed E-state index contributed by atoms with van der Waals surface area (Å²) in [6, 6.07) is 16.1. The first-order valence-electron chi connectivity index (χ1n) is 8.59. The van der Waals surface area contributed by atoms with Crippen molar-refractivity contribution in [1.82, 2.24) is 9.78 Å². The van der Waals surface area contributed by atoms with Crippen molar-refractivity contribution >= 4 is 33.7 Å². The highest BCUT2D eigenvalue weighted by Crippen LogP contribution is 2.23. The Labute approximate surface area is 161 Å². The summed E-state index contributed by atoms with van der Waals surface area (Å²) in [5, 5.41) is 11.3.